The van der Waals surface area contributed by atoms with Crippen molar-refractivity contribution >= 4 is 5.97 Å². The predicted octanol–water partition coefficient (Wildman–Crippen LogP) is 2.60. The molecule has 1 aliphatic heterocycles. The zero-order valence-electron chi connectivity index (χ0n) is 11.0. The first-order valence-electron chi connectivity index (χ1n) is 6.10. The van der Waals surface area contributed by atoms with Gasteiger partial charge in [-0.2, -0.15) is 10.3 Å². The van der Waals surface area contributed by atoms with Gasteiger partial charge in [0.05, 0.1) is 19.7 Å². The SMILES string of the molecule is CC.O=C(O)CCCON1C/C=C\C=C/CN=N1. The molecule has 0 amide bonds. The van der Waals surface area contributed by atoms with E-state index in [2.05, 4.69) is 10.3 Å². The molecule has 0 unspecified atom stereocenters. The van der Waals surface area contributed by atoms with Crippen LogP contribution in [0.3, 0.4) is 0 Å². The van der Waals surface area contributed by atoms with E-state index in [-0.39, 0.29) is 6.42 Å². The highest BCUT2D eigenvalue weighted by Gasteiger charge is 2.02. The predicted molar refractivity (Wildman–Crippen MR) is 68.9 cm³/mol. The molecule has 1 N–H and O–H groups in total. The van der Waals surface area contributed by atoms with Gasteiger partial charge in [-0.05, 0) is 11.6 Å². The van der Waals surface area contributed by atoms with Crippen LogP contribution in [0.2, 0.25) is 0 Å². The first-order valence-corrected chi connectivity index (χ1v) is 6.10. The zero-order chi connectivity index (χ0) is 13.6. The third kappa shape index (κ3) is 9.53. The van der Waals surface area contributed by atoms with Crippen LogP contribution in [0.1, 0.15) is 26.7 Å². The van der Waals surface area contributed by atoms with Crippen molar-refractivity contribution in [3.63, 3.8) is 0 Å². The summed E-state index contributed by atoms with van der Waals surface area (Å²) in [6.45, 7) is 5.34. The Bertz CT molecular complexity index is 301. The van der Waals surface area contributed by atoms with Gasteiger partial charge in [-0.3, -0.25) is 9.63 Å². The Morgan fingerprint density at radius 2 is 2.11 bits per heavy atom. The van der Waals surface area contributed by atoms with Crippen LogP contribution in [0, 0.1) is 0 Å². The molecule has 0 aromatic rings. The van der Waals surface area contributed by atoms with E-state index in [4.69, 9.17) is 9.94 Å². The van der Waals surface area contributed by atoms with E-state index in [0.29, 0.717) is 26.1 Å². The lowest BCUT2D eigenvalue weighted by Gasteiger charge is -2.14. The number of carboxylic acid groups (broad SMARTS) is 1. The van der Waals surface area contributed by atoms with E-state index >= 15 is 0 Å². The van der Waals surface area contributed by atoms with Gasteiger partial charge in [0, 0.05) is 6.42 Å². The van der Waals surface area contributed by atoms with Crippen LogP contribution >= 0.6 is 0 Å². The number of allylic oxidation sites excluding steroid dienone is 2. The summed E-state index contributed by atoms with van der Waals surface area (Å²) in [5, 5.41) is 17.5. The molecule has 0 saturated carbocycles. The number of carbonyl (C=O) groups is 1. The molecule has 0 aromatic heterocycles. The lowest BCUT2D eigenvalue weighted by Crippen LogP contribution is -2.18. The van der Waals surface area contributed by atoms with Crippen LogP contribution in [-0.4, -0.2) is 35.9 Å². The summed E-state index contributed by atoms with van der Waals surface area (Å²) in [6.07, 6.45) is 8.12. The lowest BCUT2D eigenvalue weighted by atomic mass is 10.3. The standard InChI is InChI=1S/C10H15N3O3.C2H6/c14-10(15)6-5-9-16-13-8-4-2-1-3-7-11-12-13;1-2/h1-4H,5-9H2,(H,14,15);1-2H3/b3-1-,4-2-,12-11?;. The average Bonchev–Trinajstić information content (AvgIpc) is 2.50. The van der Waals surface area contributed by atoms with Gasteiger partial charge in [0.1, 0.15) is 0 Å². The summed E-state index contributed by atoms with van der Waals surface area (Å²) in [4.78, 5) is 15.5. The van der Waals surface area contributed by atoms with Crippen molar-refractivity contribution in [2.45, 2.75) is 26.7 Å². The Morgan fingerprint density at radius 1 is 1.39 bits per heavy atom. The number of hydrogen-bond acceptors (Lipinski definition) is 5. The first-order chi connectivity index (χ1) is 8.79. The molecule has 6 nitrogen and oxygen atoms in total. The van der Waals surface area contributed by atoms with Crippen molar-refractivity contribution in [1.29, 1.82) is 0 Å². The van der Waals surface area contributed by atoms with Crippen LogP contribution in [0.15, 0.2) is 34.6 Å². The maximum atomic E-state index is 10.3. The topological polar surface area (TPSA) is 74.5 Å². The van der Waals surface area contributed by atoms with Crippen LogP contribution in [0.25, 0.3) is 0 Å². The smallest absolute Gasteiger partial charge is 0.303 e. The fraction of sp³-hybridized carbons (Fsp3) is 0.583. The molecule has 18 heavy (non-hydrogen) atoms. The van der Waals surface area contributed by atoms with Crippen molar-refractivity contribution in [2.24, 2.45) is 10.3 Å². The molecule has 1 aliphatic rings. The summed E-state index contributed by atoms with van der Waals surface area (Å²) in [5.74, 6) is -0.821. The second-order valence-electron chi connectivity index (χ2n) is 3.14. The van der Waals surface area contributed by atoms with Crippen LogP contribution in [-0.2, 0) is 9.63 Å². The number of rotatable bonds is 5. The third-order valence-corrected chi connectivity index (χ3v) is 1.77. The summed E-state index contributed by atoms with van der Waals surface area (Å²) >= 11 is 0. The monoisotopic (exact) mass is 255 g/mol. The molecular weight excluding hydrogens is 234 g/mol. The second-order valence-corrected chi connectivity index (χ2v) is 3.14. The highest BCUT2D eigenvalue weighted by molar-refractivity contribution is 5.66. The Balaban J connectivity index is 0.00000137. The summed E-state index contributed by atoms with van der Waals surface area (Å²) < 4.78 is 0. The fourth-order valence-corrected chi connectivity index (χ4v) is 1.03. The Hall–Kier alpha value is -1.69. The Morgan fingerprint density at radius 3 is 2.83 bits per heavy atom. The van der Waals surface area contributed by atoms with Gasteiger partial charge in [0.25, 0.3) is 0 Å². The van der Waals surface area contributed by atoms with E-state index in [1.54, 1.807) is 0 Å². The van der Waals surface area contributed by atoms with Crippen molar-refractivity contribution in [2.75, 3.05) is 19.7 Å². The van der Waals surface area contributed by atoms with Crippen molar-refractivity contribution < 1.29 is 14.7 Å². The largest absolute Gasteiger partial charge is 0.481 e. The second kappa shape index (κ2) is 11.8. The van der Waals surface area contributed by atoms with Gasteiger partial charge < -0.3 is 5.11 Å². The fourth-order valence-electron chi connectivity index (χ4n) is 1.03. The van der Waals surface area contributed by atoms with Crippen LogP contribution in [0.4, 0.5) is 0 Å². The summed E-state index contributed by atoms with van der Waals surface area (Å²) in [7, 11) is 0. The molecule has 0 bridgehead atoms. The Labute approximate surface area is 108 Å². The van der Waals surface area contributed by atoms with E-state index in [9.17, 15) is 4.79 Å². The maximum absolute atomic E-state index is 10.3. The van der Waals surface area contributed by atoms with E-state index in [0.717, 1.165) is 0 Å². The van der Waals surface area contributed by atoms with Crippen molar-refractivity contribution in [1.82, 2.24) is 5.17 Å². The first kappa shape index (κ1) is 16.3. The van der Waals surface area contributed by atoms with Crippen molar-refractivity contribution in [3.05, 3.63) is 24.3 Å². The minimum Gasteiger partial charge on any atom is -0.481 e. The lowest BCUT2D eigenvalue weighted by molar-refractivity contribution is -0.161. The highest BCUT2D eigenvalue weighted by Crippen LogP contribution is 1.99. The van der Waals surface area contributed by atoms with Crippen LogP contribution in [0.5, 0.6) is 0 Å². The number of hydrogen-bond donors (Lipinski definition) is 1. The van der Waals surface area contributed by atoms with Crippen LogP contribution < -0.4 is 0 Å². The molecule has 0 atom stereocenters. The van der Waals surface area contributed by atoms with Gasteiger partial charge in [0.2, 0.25) is 0 Å². The number of carboxylic acids is 1. The van der Waals surface area contributed by atoms with Gasteiger partial charge >= 0.3 is 5.97 Å². The normalized spacial score (nSPS) is 17.8. The van der Waals surface area contributed by atoms with E-state index in [1.807, 2.05) is 38.2 Å². The molecular formula is C12H21N3O3. The van der Waals surface area contributed by atoms with Gasteiger partial charge in [0.15, 0.2) is 0 Å². The number of aliphatic carboxylic acids is 1. The molecule has 0 saturated heterocycles. The molecule has 0 aliphatic carbocycles. The minimum absolute atomic E-state index is 0.0996. The van der Waals surface area contributed by atoms with Gasteiger partial charge in [-0.25, -0.2) is 0 Å². The van der Waals surface area contributed by atoms with E-state index < -0.39 is 5.97 Å². The summed E-state index contributed by atoms with van der Waals surface area (Å²) in [5.41, 5.74) is 0. The highest BCUT2D eigenvalue weighted by atomic mass is 16.7. The van der Waals surface area contributed by atoms with Gasteiger partial charge in [-0.1, -0.05) is 38.2 Å². The molecule has 0 aromatic carbocycles. The van der Waals surface area contributed by atoms with Crippen molar-refractivity contribution in [3.8, 4) is 0 Å². The quantitative estimate of drug-likeness (QED) is 0.766. The minimum atomic E-state index is -0.821. The maximum Gasteiger partial charge on any atom is 0.303 e. The molecule has 0 radical (unpaired) electrons. The molecule has 1 rings (SSSR count). The average molecular weight is 255 g/mol. The summed E-state index contributed by atoms with van der Waals surface area (Å²) in [6, 6.07) is 0. The molecule has 102 valence electrons. The molecule has 6 heteroatoms. The van der Waals surface area contributed by atoms with E-state index in [1.165, 1.54) is 5.17 Å². The third-order valence-electron chi connectivity index (χ3n) is 1.77. The number of hydroxylamine groups is 1. The Kier molecular flexibility index (Phi) is 10.7. The molecule has 0 spiro atoms. The number of nitrogens with zero attached hydrogens (tertiary/aromatic N) is 3. The molecule has 1 heterocycles. The van der Waals surface area contributed by atoms with Gasteiger partial charge in [-0.15, -0.1) is 0 Å². The zero-order valence-corrected chi connectivity index (χ0v) is 11.0. The molecule has 0 fully saturated rings.